The van der Waals surface area contributed by atoms with Gasteiger partial charge in [0.1, 0.15) is 5.56 Å². The van der Waals surface area contributed by atoms with Crippen LogP contribution in [0, 0.1) is 0 Å². The summed E-state index contributed by atoms with van der Waals surface area (Å²) in [5, 5.41) is 9.88. The van der Waals surface area contributed by atoms with E-state index in [1.54, 1.807) is 0 Å². The zero-order valence-corrected chi connectivity index (χ0v) is 11.7. The monoisotopic (exact) mass is 279 g/mol. The van der Waals surface area contributed by atoms with Gasteiger partial charge >= 0.3 is 5.69 Å². The lowest BCUT2D eigenvalue weighted by molar-refractivity contribution is 0.103. The molecule has 0 atom stereocenters. The van der Waals surface area contributed by atoms with Crippen molar-refractivity contribution in [1.82, 2.24) is 14.0 Å². The largest absolute Gasteiger partial charge is 0.494 e. The van der Waals surface area contributed by atoms with Crippen LogP contribution in [-0.2, 0) is 14.1 Å². The van der Waals surface area contributed by atoms with Gasteiger partial charge in [0.15, 0.2) is 5.78 Å². The Balaban J connectivity index is 2.57. The Bertz CT molecular complexity index is 712. The molecule has 20 heavy (non-hydrogen) atoms. The van der Waals surface area contributed by atoms with Gasteiger partial charge in [-0.1, -0.05) is 0 Å². The van der Waals surface area contributed by atoms with Crippen molar-refractivity contribution in [2.45, 2.75) is 12.8 Å². The molecule has 0 saturated carbocycles. The molecule has 1 aliphatic heterocycles. The van der Waals surface area contributed by atoms with Crippen molar-refractivity contribution in [3.05, 3.63) is 38.2 Å². The molecule has 108 valence electrons. The first-order valence-corrected chi connectivity index (χ1v) is 6.29. The van der Waals surface area contributed by atoms with Crippen molar-refractivity contribution in [1.29, 1.82) is 0 Å². The smallest absolute Gasteiger partial charge is 0.333 e. The summed E-state index contributed by atoms with van der Waals surface area (Å²) in [6.45, 7) is 0.858. The molecular formula is C13H17N3O4. The Morgan fingerprint density at radius 3 is 2.40 bits per heavy atom. The van der Waals surface area contributed by atoms with Gasteiger partial charge in [0.25, 0.3) is 5.56 Å². The quantitative estimate of drug-likeness (QED) is 0.587. The summed E-state index contributed by atoms with van der Waals surface area (Å²) in [5.41, 5.74) is -1.00. The third kappa shape index (κ3) is 2.15. The molecule has 0 amide bonds. The molecule has 1 fully saturated rings. The maximum absolute atomic E-state index is 12.2. The number of hydrogen-bond acceptors (Lipinski definition) is 5. The molecule has 0 spiro atoms. The van der Waals surface area contributed by atoms with Crippen molar-refractivity contribution in [2.75, 3.05) is 13.6 Å². The van der Waals surface area contributed by atoms with Crippen LogP contribution in [0.5, 0.6) is 5.88 Å². The van der Waals surface area contributed by atoms with Crippen LogP contribution in [-0.4, -0.2) is 38.5 Å². The van der Waals surface area contributed by atoms with Crippen LogP contribution >= 0.6 is 0 Å². The normalized spacial score (nSPS) is 16.9. The molecule has 0 unspecified atom stereocenters. The van der Waals surface area contributed by atoms with Gasteiger partial charge in [-0.3, -0.25) is 18.7 Å². The third-order valence-corrected chi connectivity index (χ3v) is 3.59. The van der Waals surface area contributed by atoms with E-state index >= 15 is 0 Å². The number of carbonyl (C=O) groups excluding carboxylic acids is 1. The van der Waals surface area contributed by atoms with E-state index in [0.29, 0.717) is 0 Å². The van der Waals surface area contributed by atoms with Crippen LogP contribution in [0.15, 0.2) is 21.4 Å². The zero-order valence-electron chi connectivity index (χ0n) is 11.7. The minimum atomic E-state index is -0.784. The lowest BCUT2D eigenvalue weighted by atomic mass is 10.1. The summed E-state index contributed by atoms with van der Waals surface area (Å²) < 4.78 is 1.69. The molecule has 0 aliphatic carbocycles. The average Bonchev–Trinajstić information content (AvgIpc) is 2.80. The molecule has 7 nitrogen and oxygen atoms in total. The molecular weight excluding hydrogens is 262 g/mol. The second-order valence-electron chi connectivity index (χ2n) is 4.93. The van der Waals surface area contributed by atoms with Gasteiger partial charge in [0, 0.05) is 39.5 Å². The summed E-state index contributed by atoms with van der Waals surface area (Å²) in [4.78, 5) is 37.7. The van der Waals surface area contributed by atoms with E-state index < -0.39 is 22.9 Å². The highest BCUT2D eigenvalue weighted by molar-refractivity contribution is 6.06. The first-order chi connectivity index (χ1) is 9.34. The van der Waals surface area contributed by atoms with Gasteiger partial charge in [-0.15, -0.1) is 0 Å². The van der Waals surface area contributed by atoms with Crippen molar-refractivity contribution in [2.24, 2.45) is 14.1 Å². The Hall–Kier alpha value is -2.31. The second-order valence-corrected chi connectivity index (χ2v) is 4.93. The van der Waals surface area contributed by atoms with Crippen LogP contribution in [0.25, 0.3) is 0 Å². The van der Waals surface area contributed by atoms with Crippen LogP contribution in [0.3, 0.4) is 0 Å². The minimum absolute atomic E-state index is 0.373. The first kappa shape index (κ1) is 14.1. The molecule has 1 aromatic heterocycles. The Morgan fingerprint density at radius 1 is 1.20 bits per heavy atom. The minimum Gasteiger partial charge on any atom is -0.494 e. The van der Waals surface area contributed by atoms with E-state index in [1.807, 2.05) is 11.9 Å². The first-order valence-electron chi connectivity index (χ1n) is 6.29. The zero-order chi connectivity index (χ0) is 15.0. The number of aromatic hydroxyl groups is 1. The van der Waals surface area contributed by atoms with Crippen molar-refractivity contribution >= 4 is 5.78 Å². The summed E-state index contributed by atoms with van der Waals surface area (Å²) in [6, 6.07) is 0. The molecule has 0 radical (unpaired) electrons. The third-order valence-electron chi connectivity index (χ3n) is 3.59. The number of nitrogens with zero attached hydrogens (tertiary/aromatic N) is 3. The highest BCUT2D eigenvalue weighted by atomic mass is 16.3. The van der Waals surface area contributed by atoms with E-state index in [9.17, 15) is 19.5 Å². The molecule has 0 bridgehead atoms. The fraction of sp³-hybridized carbons (Fsp3) is 0.462. The molecule has 1 aromatic rings. The van der Waals surface area contributed by atoms with Gasteiger partial charge in [-0.05, 0) is 12.8 Å². The Kier molecular flexibility index (Phi) is 3.52. The van der Waals surface area contributed by atoms with E-state index in [2.05, 4.69) is 0 Å². The van der Waals surface area contributed by atoms with Crippen LogP contribution in [0.2, 0.25) is 0 Å². The van der Waals surface area contributed by atoms with E-state index in [-0.39, 0.29) is 5.56 Å². The predicted octanol–water partition coefficient (Wildman–Crippen LogP) is -0.418. The Morgan fingerprint density at radius 2 is 1.85 bits per heavy atom. The van der Waals surface area contributed by atoms with Gasteiger partial charge in [-0.2, -0.15) is 0 Å². The topological polar surface area (TPSA) is 84.5 Å². The predicted molar refractivity (Wildman–Crippen MR) is 72.9 cm³/mol. The summed E-state index contributed by atoms with van der Waals surface area (Å²) >= 11 is 0. The molecule has 0 aromatic carbocycles. The van der Waals surface area contributed by atoms with E-state index in [1.165, 1.54) is 20.2 Å². The summed E-state index contributed by atoms with van der Waals surface area (Å²) in [7, 11) is 4.45. The van der Waals surface area contributed by atoms with Gasteiger partial charge in [0.05, 0.1) is 0 Å². The maximum Gasteiger partial charge on any atom is 0.333 e. The molecule has 2 heterocycles. The summed E-state index contributed by atoms with van der Waals surface area (Å²) in [5.74, 6) is -1.18. The van der Waals surface area contributed by atoms with Crippen molar-refractivity contribution in [3.63, 3.8) is 0 Å². The van der Waals surface area contributed by atoms with Crippen LogP contribution < -0.4 is 11.2 Å². The maximum atomic E-state index is 12.2. The SMILES string of the molecule is CN1CCCC1=CC(=O)c1c(O)n(C)c(=O)n(C)c1=O. The number of likely N-dealkylation sites (tertiary alicyclic amines) is 1. The number of carbonyl (C=O) groups is 1. The lowest BCUT2D eigenvalue weighted by Crippen LogP contribution is -2.39. The summed E-state index contributed by atoms with van der Waals surface area (Å²) in [6.07, 6.45) is 3.07. The van der Waals surface area contributed by atoms with Gasteiger partial charge < -0.3 is 10.0 Å². The average molecular weight is 279 g/mol. The van der Waals surface area contributed by atoms with Crippen molar-refractivity contribution < 1.29 is 9.90 Å². The van der Waals surface area contributed by atoms with E-state index in [4.69, 9.17) is 0 Å². The fourth-order valence-electron chi connectivity index (χ4n) is 2.29. The number of aromatic nitrogens is 2. The highest BCUT2D eigenvalue weighted by Gasteiger charge is 2.22. The number of hydrogen-bond donors (Lipinski definition) is 1. The second kappa shape index (κ2) is 4.99. The molecule has 1 saturated heterocycles. The standard InChI is InChI=1S/C13H17N3O4/c1-14-6-4-5-8(14)7-9(17)10-11(18)15(2)13(20)16(3)12(10)19/h7,18H,4-6H2,1-3H3. The molecule has 1 aliphatic rings. The van der Waals surface area contributed by atoms with Crippen LogP contribution in [0.4, 0.5) is 0 Å². The van der Waals surface area contributed by atoms with Crippen LogP contribution in [0.1, 0.15) is 23.2 Å². The Labute approximate surface area is 115 Å². The highest BCUT2D eigenvalue weighted by Crippen LogP contribution is 2.20. The number of ketones is 1. The fourth-order valence-corrected chi connectivity index (χ4v) is 2.29. The number of rotatable bonds is 2. The van der Waals surface area contributed by atoms with Gasteiger partial charge in [-0.25, -0.2) is 4.79 Å². The molecule has 1 N–H and O–H groups in total. The van der Waals surface area contributed by atoms with Crippen molar-refractivity contribution in [3.8, 4) is 5.88 Å². The van der Waals surface area contributed by atoms with E-state index in [0.717, 1.165) is 34.2 Å². The lowest BCUT2D eigenvalue weighted by Gasteiger charge is -2.12. The van der Waals surface area contributed by atoms with Gasteiger partial charge in [0.2, 0.25) is 5.88 Å². The number of allylic oxidation sites excluding steroid dienone is 2. The molecule has 2 rings (SSSR count). The molecule has 7 heteroatoms.